The van der Waals surface area contributed by atoms with Gasteiger partial charge in [0.25, 0.3) is 4.59 Å². The van der Waals surface area contributed by atoms with E-state index in [1.165, 1.54) is 11.8 Å². The molecule has 0 aliphatic rings. The third-order valence-corrected chi connectivity index (χ3v) is 6.28. The van der Waals surface area contributed by atoms with Crippen LogP contribution in [0.25, 0.3) is 0 Å². The number of carbonyl (C=O) groups excluding carboxylic acids is 1. The molecule has 2 nitrogen and oxygen atoms in total. The summed E-state index contributed by atoms with van der Waals surface area (Å²) in [6.45, 7) is 7.43. The smallest absolute Gasteiger partial charge is 0.313 e. The SMILES string of the molecule is C=CCC[C@@H](Sc1ccc(C)cc1)[C@H](OC(=O)[C@H](C)c1ccccc1)C(F)(Cl)Cl. The van der Waals surface area contributed by atoms with Crippen LogP contribution in [0.3, 0.4) is 0 Å². The average molecular weight is 455 g/mol. The molecule has 2 rings (SSSR count). The number of alkyl halides is 3. The maximum Gasteiger partial charge on any atom is 0.313 e. The number of hydrogen-bond donors (Lipinski definition) is 0. The Morgan fingerprint density at radius 1 is 1.21 bits per heavy atom. The summed E-state index contributed by atoms with van der Waals surface area (Å²) in [6.07, 6.45) is 1.51. The highest BCUT2D eigenvalue weighted by Gasteiger charge is 2.44. The number of halogens is 3. The van der Waals surface area contributed by atoms with Crippen LogP contribution < -0.4 is 0 Å². The molecule has 0 fully saturated rings. The standard InChI is InChI=1S/C23H25Cl2FO2S/c1-4-5-11-20(29-19-14-12-16(2)13-15-19)21(23(24,25)26)28-22(27)17(3)18-9-7-6-8-10-18/h4,6-10,12-15,17,20-21H,1,5,11H2,2-3H3/t17-,20-,21+/m1/s1. The van der Waals surface area contributed by atoms with Crippen LogP contribution in [0.15, 0.2) is 72.1 Å². The number of rotatable bonds is 10. The molecule has 2 aromatic carbocycles. The number of hydrogen-bond acceptors (Lipinski definition) is 3. The Morgan fingerprint density at radius 2 is 1.83 bits per heavy atom. The van der Waals surface area contributed by atoms with E-state index in [1.807, 2.05) is 61.5 Å². The van der Waals surface area contributed by atoms with Crippen LogP contribution in [-0.4, -0.2) is 21.9 Å². The number of ether oxygens (including phenoxy) is 1. The van der Waals surface area contributed by atoms with Crippen LogP contribution >= 0.6 is 35.0 Å². The largest absolute Gasteiger partial charge is 0.454 e. The average Bonchev–Trinajstić information content (AvgIpc) is 2.70. The van der Waals surface area contributed by atoms with Crippen molar-refractivity contribution in [3.63, 3.8) is 0 Å². The van der Waals surface area contributed by atoms with Crippen LogP contribution in [0.2, 0.25) is 0 Å². The van der Waals surface area contributed by atoms with E-state index in [1.54, 1.807) is 13.0 Å². The summed E-state index contributed by atoms with van der Waals surface area (Å²) in [5, 5.41) is -0.484. The van der Waals surface area contributed by atoms with E-state index >= 15 is 0 Å². The second kappa shape index (κ2) is 11.1. The molecule has 6 heteroatoms. The van der Waals surface area contributed by atoms with Crippen LogP contribution in [0.1, 0.15) is 36.8 Å². The third kappa shape index (κ3) is 7.36. The van der Waals surface area contributed by atoms with E-state index in [0.717, 1.165) is 16.0 Å². The molecule has 0 N–H and O–H groups in total. The van der Waals surface area contributed by atoms with Gasteiger partial charge in [-0.2, -0.15) is 0 Å². The highest BCUT2D eigenvalue weighted by Crippen LogP contribution is 2.40. The Balaban J connectivity index is 2.24. The van der Waals surface area contributed by atoms with Crippen molar-refractivity contribution in [2.75, 3.05) is 0 Å². The summed E-state index contributed by atoms with van der Waals surface area (Å²) in [6, 6.07) is 17.0. The van der Waals surface area contributed by atoms with Gasteiger partial charge in [0.1, 0.15) is 0 Å². The van der Waals surface area contributed by atoms with Crippen molar-refractivity contribution in [3.05, 3.63) is 78.4 Å². The van der Waals surface area contributed by atoms with Gasteiger partial charge in [-0.05, 0) is 44.4 Å². The molecule has 0 bridgehead atoms. The summed E-state index contributed by atoms with van der Waals surface area (Å²) >= 11 is 13.1. The number of allylic oxidation sites excluding steroid dienone is 1. The Bertz CT molecular complexity index is 791. The minimum Gasteiger partial charge on any atom is -0.454 e. The lowest BCUT2D eigenvalue weighted by Crippen LogP contribution is -2.41. The predicted octanol–water partition coefficient (Wildman–Crippen LogP) is 7.24. The topological polar surface area (TPSA) is 26.3 Å². The van der Waals surface area contributed by atoms with E-state index in [4.69, 9.17) is 27.9 Å². The number of thioether (sulfide) groups is 1. The summed E-state index contributed by atoms with van der Waals surface area (Å²) in [5.74, 6) is -1.14. The number of benzene rings is 2. The third-order valence-electron chi connectivity index (χ3n) is 4.52. The Hall–Kier alpha value is -1.49. The summed E-state index contributed by atoms with van der Waals surface area (Å²) < 4.78 is 17.6. The first-order chi connectivity index (χ1) is 13.7. The van der Waals surface area contributed by atoms with E-state index < -0.39 is 27.8 Å². The van der Waals surface area contributed by atoms with E-state index in [-0.39, 0.29) is 0 Å². The van der Waals surface area contributed by atoms with Crippen LogP contribution in [0, 0.1) is 6.92 Å². The first-order valence-electron chi connectivity index (χ1n) is 9.38. The molecule has 3 atom stereocenters. The second-order valence-electron chi connectivity index (χ2n) is 6.87. The van der Waals surface area contributed by atoms with Crippen molar-refractivity contribution < 1.29 is 13.9 Å². The maximum absolute atomic E-state index is 14.7. The maximum atomic E-state index is 14.7. The molecule has 0 radical (unpaired) electrons. The van der Waals surface area contributed by atoms with Gasteiger partial charge in [0.15, 0.2) is 6.10 Å². The predicted molar refractivity (Wildman–Crippen MR) is 121 cm³/mol. The van der Waals surface area contributed by atoms with Gasteiger partial charge in [0.2, 0.25) is 0 Å². The molecule has 0 aliphatic heterocycles. The zero-order valence-electron chi connectivity index (χ0n) is 16.5. The summed E-state index contributed by atoms with van der Waals surface area (Å²) in [7, 11) is 0. The molecule has 0 amide bonds. The van der Waals surface area contributed by atoms with Gasteiger partial charge < -0.3 is 4.74 Å². The van der Waals surface area contributed by atoms with Gasteiger partial charge in [-0.15, -0.1) is 18.3 Å². The van der Waals surface area contributed by atoms with Gasteiger partial charge in [0.05, 0.1) is 11.2 Å². The normalized spacial score (nSPS) is 14.7. The molecular formula is C23H25Cl2FO2S. The molecule has 0 spiro atoms. The monoisotopic (exact) mass is 454 g/mol. The van der Waals surface area contributed by atoms with Crippen LogP contribution in [0.5, 0.6) is 0 Å². The number of esters is 1. The Kier molecular flexibility index (Phi) is 9.06. The zero-order chi connectivity index (χ0) is 21.4. The number of aryl methyl sites for hydroxylation is 1. The first kappa shape index (κ1) is 23.8. The summed E-state index contributed by atoms with van der Waals surface area (Å²) in [4.78, 5) is 13.7. The Morgan fingerprint density at radius 3 is 2.38 bits per heavy atom. The van der Waals surface area contributed by atoms with E-state index in [9.17, 15) is 9.18 Å². The van der Waals surface area contributed by atoms with Gasteiger partial charge in [-0.3, -0.25) is 4.79 Å². The van der Waals surface area contributed by atoms with Crippen molar-refractivity contribution in [3.8, 4) is 0 Å². The number of carbonyl (C=O) groups is 1. The fourth-order valence-corrected chi connectivity index (χ4v) is 4.61. The van der Waals surface area contributed by atoms with Crippen molar-refractivity contribution in [1.82, 2.24) is 0 Å². The molecule has 0 saturated heterocycles. The quantitative estimate of drug-likeness (QED) is 0.164. The van der Waals surface area contributed by atoms with Crippen molar-refractivity contribution in [1.29, 1.82) is 0 Å². The fourth-order valence-electron chi connectivity index (χ4n) is 2.80. The molecule has 0 unspecified atom stereocenters. The summed E-state index contributed by atoms with van der Waals surface area (Å²) in [5.41, 5.74) is 1.89. The zero-order valence-corrected chi connectivity index (χ0v) is 18.8. The second-order valence-corrected chi connectivity index (χ2v) is 9.47. The van der Waals surface area contributed by atoms with Gasteiger partial charge in [0, 0.05) is 4.90 Å². The lowest BCUT2D eigenvalue weighted by Gasteiger charge is -2.31. The molecule has 0 heterocycles. The molecule has 0 aliphatic carbocycles. The van der Waals surface area contributed by atoms with Gasteiger partial charge in [-0.1, -0.05) is 77.3 Å². The molecule has 156 valence electrons. The first-order valence-corrected chi connectivity index (χ1v) is 11.0. The van der Waals surface area contributed by atoms with Crippen LogP contribution in [0.4, 0.5) is 4.39 Å². The van der Waals surface area contributed by atoms with Crippen molar-refractivity contribution in [2.45, 2.75) is 53.4 Å². The molecule has 29 heavy (non-hydrogen) atoms. The molecule has 0 aromatic heterocycles. The highest BCUT2D eigenvalue weighted by atomic mass is 35.5. The van der Waals surface area contributed by atoms with E-state index in [2.05, 4.69) is 6.58 Å². The van der Waals surface area contributed by atoms with Crippen molar-refractivity contribution in [2.24, 2.45) is 0 Å². The lowest BCUT2D eigenvalue weighted by atomic mass is 10.0. The molecule has 2 aromatic rings. The molecule has 0 saturated carbocycles. The van der Waals surface area contributed by atoms with E-state index in [0.29, 0.717) is 12.8 Å². The molecular weight excluding hydrogens is 430 g/mol. The van der Waals surface area contributed by atoms with Crippen molar-refractivity contribution >= 4 is 40.9 Å². The Labute approximate surface area is 186 Å². The van der Waals surface area contributed by atoms with Crippen LogP contribution in [-0.2, 0) is 9.53 Å². The lowest BCUT2D eigenvalue weighted by molar-refractivity contribution is -0.153. The van der Waals surface area contributed by atoms with Gasteiger partial charge in [-0.25, -0.2) is 4.39 Å². The minimum atomic E-state index is -2.73. The van der Waals surface area contributed by atoms with Gasteiger partial charge >= 0.3 is 5.97 Å². The highest BCUT2D eigenvalue weighted by molar-refractivity contribution is 8.00. The minimum absolute atomic E-state index is 0.484. The fraction of sp³-hybridized carbons (Fsp3) is 0.348.